The lowest BCUT2D eigenvalue weighted by Crippen LogP contribution is -2.22. The molecule has 108 valence electrons. The average molecular weight is 318 g/mol. The number of nitrogens with zero attached hydrogens (tertiary/aromatic N) is 2. The number of aromatic nitrogens is 2. The van der Waals surface area contributed by atoms with Crippen LogP contribution in [0.3, 0.4) is 0 Å². The number of fused-ring (bicyclic) bond motifs is 1. The number of thiazole rings is 1. The first kappa shape index (κ1) is 14.0. The van der Waals surface area contributed by atoms with E-state index in [0.717, 1.165) is 26.5 Å². The maximum Gasteiger partial charge on any atom is 0.263 e. The van der Waals surface area contributed by atoms with Gasteiger partial charge in [0.15, 0.2) is 0 Å². The second-order valence-corrected chi connectivity index (χ2v) is 6.63. The highest BCUT2D eigenvalue weighted by molar-refractivity contribution is 7.21. The Balaban J connectivity index is 1.84. The summed E-state index contributed by atoms with van der Waals surface area (Å²) in [5.41, 5.74) is 10.2. The number of carbonyl (C=O) groups excluding carboxylic acids is 1. The maximum absolute atomic E-state index is 12.3. The number of aryl methyl sites for hydroxylation is 2. The highest BCUT2D eigenvalue weighted by atomic mass is 32.1. The quantitative estimate of drug-likeness (QED) is 0.778. The minimum absolute atomic E-state index is 0.166. The molecule has 3 aromatic heterocycles. The van der Waals surface area contributed by atoms with Crippen LogP contribution in [0.4, 0.5) is 5.69 Å². The molecule has 21 heavy (non-hydrogen) atoms. The van der Waals surface area contributed by atoms with Gasteiger partial charge < -0.3 is 11.1 Å². The third-order valence-corrected chi connectivity index (χ3v) is 5.24. The molecule has 7 heteroatoms. The summed E-state index contributed by atoms with van der Waals surface area (Å²) in [7, 11) is 0. The van der Waals surface area contributed by atoms with Crippen LogP contribution in [0, 0.1) is 13.8 Å². The number of nitrogens with one attached hydrogen (secondary N) is 1. The van der Waals surface area contributed by atoms with Gasteiger partial charge >= 0.3 is 0 Å². The highest BCUT2D eigenvalue weighted by Gasteiger charge is 2.17. The van der Waals surface area contributed by atoms with Crippen molar-refractivity contribution in [3.8, 4) is 0 Å². The largest absolute Gasteiger partial charge is 0.397 e. The van der Waals surface area contributed by atoms with E-state index in [9.17, 15) is 4.79 Å². The van der Waals surface area contributed by atoms with Gasteiger partial charge in [-0.3, -0.25) is 4.79 Å². The average Bonchev–Trinajstić information content (AvgIpc) is 3.00. The van der Waals surface area contributed by atoms with Crippen molar-refractivity contribution < 1.29 is 4.79 Å². The Hall–Kier alpha value is -1.99. The van der Waals surface area contributed by atoms with Crippen molar-refractivity contribution in [2.75, 3.05) is 5.73 Å². The lowest BCUT2D eigenvalue weighted by Gasteiger charge is -2.03. The van der Waals surface area contributed by atoms with Crippen molar-refractivity contribution in [1.29, 1.82) is 0 Å². The molecule has 0 aliphatic carbocycles. The van der Waals surface area contributed by atoms with E-state index < -0.39 is 0 Å². The van der Waals surface area contributed by atoms with Crippen LogP contribution in [0.15, 0.2) is 17.6 Å². The number of pyridine rings is 1. The number of rotatable bonds is 3. The van der Waals surface area contributed by atoms with Gasteiger partial charge in [-0.1, -0.05) is 0 Å². The molecule has 3 heterocycles. The summed E-state index contributed by atoms with van der Waals surface area (Å²) in [5.74, 6) is -0.166. The molecule has 0 spiro atoms. The molecule has 0 fully saturated rings. The summed E-state index contributed by atoms with van der Waals surface area (Å²) in [6, 6.07) is 3.81. The molecule has 0 unspecified atom stereocenters. The lowest BCUT2D eigenvalue weighted by molar-refractivity contribution is 0.0956. The minimum atomic E-state index is -0.166. The molecule has 1 amide bonds. The van der Waals surface area contributed by atoms with Crippen LogP contribution in [0.1, 0.15) is 25.9 Å². The van der Waals surface area contributed by atoms with Crippen molar-refractivity contribution in [1.82, 2.24) is 15.3 Å². The second kappa shape index (κ2) is 5.42. The maximum atomic E-state index is 12.3. The summed E-state index contributed by atoms with van der Waals surface area (Å²) in [5, 5.41) is 3.73. The molecule has 0 aliphatic rings. The van der Waals surface area contributed by atoms with Gasteiger partial charge in [0.25, 0.3) is 5.91 Å². The Bertz CT molecular complexity index is 822. The van der Waals surface area contributed by atoms with Gasteiger partial charge in [-0.15, -0.1) is 22.7 Å². The fourth-order valence-electron chi connectivity index (χ4n) is 2.00. The first-order chi connectivity index (χ1) is 10.1. The Morgan fingerprint density at radius 1 is 1.38 bits per heavy atom. The summed E-state index contributed by atoms with van der Waals surface area (Å²) in [6.45, 7) is 4.32. The van der Waals surface area contributed by atoms with Crippen molar-refractivity contribution in [3.05, 3.63) is 38.8 Å². The number of amides is 1. The van der Waals surface area contributed by atoms with E-state index in [1.807, 2.05) is 26.0 Å². The number of hydrogen-bond acceptors (Lipinski definition) is 6. The number of hydrogen-bond donors (Lipinski definition) is 2. The van der Waals surface area contributed by atoms with Crippen LogP contribution in [0.5, 0.6) is 0 Å². The molecular formula is C14H14N4OS2. The lowest BCUT2D eigenvalue weighted by atomic mass is 10.2. The van der Waals surface area contributed by atoms with Crippen LogP contribution >= 0.6 is 22.7 Å². The van der Waals surface area contributed by atoms with E-state index in [0.29, 0.717) is 17.1 Å². The Morgan fingerprint density at radius 3 is 2.90 bits per heavy atom. The third-order valence-electron chi connectivity index (χ3n) is 3.19. The zero-order valence-corrected chi connectivity index (χ0v) is 13.3. The summed E-state index contributed by atoms with van der Waals surface area (Å²) >= 11 is 2.86. The van der Waals surface area contributed by atoms with E-state index in [1.54, 1.807) is 5.51 Å². The van der Waals surface area contributed by atoms with Crippen LogP contribution in [0.2, 0.25) is 0 Å². The molecular weight excluding hydrogens is 304 g/mol. The van der Waals surface area contributed by atoms with Crippen molar-refractivity contribution in [3.63, 3.8) is 0 Å². The Morgan fingerprint density at radius 2 is 2.19 bits per heavy atom. The number of nitrogen functional groups attached to an aromatic ring is 1. The Kier molecular flexibility index (Phi) is 3.60. The first-order valence-electron chi connectivity index (χ1n) is 6.39. The summed E-state index contributed by atoms with van der Waals surface area (Å²) in [4.78, 5) is 23.3. The number of nitrogens with two attached hydrogens (primary N) is 1. The van der Waals surface area contributed by atoms with Crippen molar-refractivity contribution in [2.45, 2.75) is 20.4 Å². The van der Waals surface area contributed by atoms with Gasteiger partial charge in [0.2, 0.25) is 0 Å². The predicted octanol–water partition coefficient (Wildman–Crippen LogP) is 2.88. The van der Waals surface area contributed by atoms with Gasteiger partial charge in [0.05, 0.1) is 23.4 Å². The van der Waals surface area contributed by atoms with E-state index in [-0.39, 0.29) is 5.91 Å². The van der Waals surface area contributed by atoms with Gasteiger partial charge in [-0.05, 0) is 26.0 Å². The zero-order chi connectivity index (χ0) is 15.0. The van der Waals surface area contributed by atoms with Crippen LogP contribution in [-0.2, 0) is 6.54 Å². The van der Waals surface area contributed by atoms with Gasteiger partial charge in [0.1, 0.15) is 9.71 Å². The molecule has 5 nitrogen and oxygen atoms in total. The fraction of sp³-hybridized carbons (Fsp3) is 0.214. The number of thiophene rings is 1. The monoisotopic (exact) mass is 318 g/mol. The minimum Gasteiger partial charge on any atom is -0.397 e. The normalized spacial score (nSPS) is 11.0. The van der Waals surface area contributed by atoms with E-state index in [1.165, 1.54) is 22.7 Å². The third kappa shape index (κ3) is 2.62. The molecule has 0 radical (unpaired) electrons. The summed E-state index contributed by atoms with van der Waals surface area (Å²) < 4.78 is 0. The number of carbonyl (C=O) groups is 1. The molecule has 0 aromatic carbocycles. The Labute approximate surface area is 129 Å². The molecule has 3 rings (SSSR count). The second-order valence-electron chi connectivity index (χ2n) is 4.69. The van der Waals surface area contributed by atoms with E-state index >= 15 is 0 Å². The molecule has 0 saturated carbocycles. The molecule has 3 N–H and O–H groups in total. The SMILES string of the molecule is Cc1ccc2c(N)c(C(=O)NCc3scnc3C)sc2n1. The topological polar surface area (TPSA) is 80.9 Å². The van der Waals surface area contributed by atoms with E-state index in [4.69, 9.17) is 5.73 Å². The molecule has 0 saturated heterocycles. The molecule has 0 aliphatic heterocycles. The highest BCUT2D eigenvalue weighted by Crippen LogP contribution is 2.32. The van der Waals surface area contributed by atoms with Crippen LogP contribution < -0.4 is 11.1 Å². The van der Waals surface area contributed by atoms with Crippen molar-refractivity contribution >= 4 is 44.5 Å². The van der Waals surface area contributed by atoms with Crippen LogP contribution in [0.25, 0.3) is 10.2 Å². The van der Waals surface area contributed by atoms with Gasteiger partial charge in [0, 0.05) is 16.0 Å². The predicted molar refractivity (Wildman–Crippen MR) is 86.8 cm³/mol. The van der Waals surface area contributed by atoms with Gasteiger partial charge in [-0.25, -0.2) is 9.97 Å². The van der Waals surface area contributed by atoms with Gasteiger partial charge in [-0.2, -0.15) is 0 Å². The van der Waals surface area contributed by atoms with E-state index in [2.05, 4.69) is 15.3 Å². The molecule has 3 aromatic rings. The van der Waals surface area contributed by atoms with Crippen molar-refractivity contribution in [2.24, 2.45) is 0 Å². The first-order valence-corrected chi connectivity index (χ1v) is 8.08. The summed E-state index contributed by atoms with van der Waals surface area (Å²) in [6.07, 6.45) is 0. The smallest absolute Gasteiger partial charge is 0.263 e. The standard InChI is InChI=1S/C14H14N4OS2/c1-7-3-4-9-11(15)12(21-14(9)18-7)13(19)16-5-10-8(2)17-6-20-10/h3-4,6H,5,15H2,1-2H3,(H,16,19). The number of anilines is 1. The molecule has 0 atom stereocenters. The zero-order valence-electron chi connectivity index (χ0n) is 11.6. The fourth-order valence-corrected chi connectivity index (χ4v) is 3.77. The molecule has 0 bridgehead atoms. The van der Waals surface area contributed by atoms with Crippen LogP contribution in [-0.4, -0.2) is 15.9 Å².